The van der Waals surface area contributed by atoms with Gasteiger partial charge in [-0.3, -0.25) is 4.79 Å². The van der Waals surface area contributed by atoms with Gasteiger partial charge in [0.1, 0.15) is 5.75 Å². The number of hydrogen-bond acceptors (Lipinski definition) is 2. The molecule has 2 rings (SSSR count). The van der Waals surface area contributed by atoms with Gasteiger partial charge in [0.15, 0.2) is 0 Å². The van der Waals surface area contributed by atoms with Crippen LogP contribution < -0.4 is 0 Å². The highest BCUT2D eigenvalue weighted by Crippen LogP contribution is 2.30. The molecule has 0 unspecified atom stereocenters. The van der Waals surface area contributed by atoms with Gasteiger partial charge in [-0.25, -0.2) is 0 Å². The Bertz CT molecular complexity index is 424. The van der Waals surface area contributed by atoms with Gasteiger partial charge < -0.3 is 10.0 Å². The van der Waals surface area contributed by atoms with Crippen LogP contribution in [0.25, 0.3) is 0 Å². The summed E-state index contributed by atoms with van der Waals surface area (Å²) in [6.45, 7) is 5.00. The van der Waals surface area contributed by atoms with Crippen molar-refractivity contribution in [1.82, 2.24) is 4.90 Å². The maximum atomic E-state index is 12.3. The highest BCUT2D eigenvalue weighted by Gasteiger charge is 2.28. The van der Waals surface area contributed by atoms with Crippen LogP contribution in [0.1, 0.15) is 32.3 Å². The highest BCUT2D eigenvalue weighted by molar-refractivity contribution is 5.79. The first-order valence-corrected chi connectivity index (χ1v) is 6.63. The van der Waals surface area contributed by atoms with Crippen molar-refractivity contribution >= 4 is 5.91 Å². The van der Waals surface area contributed by atoms with E-state index in [0.717, 1.165) is 12.1 Å². The standard InChI is InChI=1S/C15H21NO2/c1-11(2)16(10-12-6-7-12)15(18)9-13-4-3-5-14(17)8-13/h3-5,8,11-12,17H,6-7,9-10H2,1-2H3. The molecule has 0 bridgehead atoms. The zero-order valence-electron chi connectivity index (χ0n) is 11.1. The van der Waals surface area contributed by atoms with E-state index in [2.05, 4.69) is 13.8 Å². The van der Waals surface area contributed by atoms with Crippen LogP contribution in [0.3, 0.4) is 0 Å². The van der Waals surface area contributed by atoms with Crippen molar-refractivity contribution in [3.8, 4) is 5.75 Å². The van der Waals surface area contributed by atoms with Crippen LogP contribution in [0, 0.1) is 5.92 Å². The van der Waals surface area contributed by atoms with Gasteiger partial charge in [0.25, 0.3) is 0 Å². The molecule has 1 aromatic carbocycles. The van der Waals surface area contributed by atoms with Crippen LogP contribution in [0.15, 0.2) is 24.3 Å². The number of amides is 1. The number of nitrogens with zero attached hydrogens (tertiary/aromatic N) is 1. The first kappa shape index (κ1) is 12.9. The van der Waals surface area contributed by atoms with Crippen molar-refractivity contribution in [2.75, 3.05) is 6.54 Å². The number of hydrogen-bond donors (Lipinski definition) is 1. The highest BCUT2D eigenvalue weighted by atomic mass is 16.3. The van der Waals surface area contributed by atoms with E-state index in [1.807, 2.05) is 11.0 Å². The topological polar surface area (TPSA) is 40.5 Å². The molecule has 3 nitrogen and oxygen atoms in total. The minimum atomic E-state index is 0.155. The average molecular weight is 247 g/mol. The molecule has 0 atom stereocenters. The van der Waals surface area contributed by atoms with E-state index >= 15 is 0 Å². The van der Waals surface area contributed by atoms with Crippen molar-refractivity contribution < 1.29 is 9.90 Å². The molecule has 0 heterocycles. The molecule has 98 valence electrons. The minimum absolute atomic E-state index is 0.155. The Morgan fingerprint density at radius 2 is 2.17 bits per heavy atom. The summed E-state index contributed by atoms with van der Waals surface area (Å²) in [4.78, 5) is 14.2. The zero-order chi connectivity index (χ0) is 13.1. The van der Waals surface area contributed by atoms with Crippen LogP contribution in [-0.4, -0.2) is 28.5 Å². The van der Waals surface area contributed by atoms with Gasteiger partial charge in [-0.05, 0) is 50.3 Å². The second-order valence-electron chi connectivity index (χ2n) is 5.43. The molecule has 0 spiro atoms. The molecule has 0 radical (unpaired) electrons. The monoisotopic (exact) mass is 247 g/mol. The Kier molecular flexibility index (Phi) is 3.90. The van der Waals surface area contributed by atoms with Gasteiger partial charge in [-0.1, -0.05) is 12.1 Å². The van der Waals surface area contributed by atoms with E-state index in [4.69, 9.17) is 0 Å². The Balaban J connectivity index is 1.99. The fraction of sp³-hybridized carbons (Fsp3) is 0.533. The lowest BCUT2D eigenvalue weighted by atomic mass is 10.1. The van der Waals surface area contributed by atoms with Gasteiger partial charge in [0, 0.05) is 12.6 Å². The van der Waals surface area contributed by atoms with Gasteiger partial charge in [-0.2, -0.15) is 0 Å². The third-order valence-corrected chi connectivity index (χ3v) is 3.36. The third-order valence-electron chi connectivity index (χ3n) is 3.36. The Morgan fingerprint density at radius 3 is 2.72 bits per heavy atom. The van der Waals surface area contributed by atoms with Crippen LogP contribution in [-0.2, 0) is 11.2 Å². The molecule has 1 N–H and O–H groups in total. The lowest BCUT2D eigenvalue weighted by molar-refractivity contribution is -0.132. The second-order valence-corrected chi connectivity index (χ2v) is 5.43. The molecule has 18 heavy (non-hydrogen) atoms. The average Bonchev–Trinajstić information content (AvgIpc) is 3.09. The van der Waals surface area contributed by atoms with Crippen LogP contribution in [0.4, 0.5) is 0 Å². The van der Waals surface area contributed by atoms with E-state index in [9.17, 15) is 9.90 Å². The van der Waals surface area contributed by atoms with Crippen LogP contribution in [0.5, 0.6) is 5.75 Å². The molecule has 1 fully saturated rings. The molecule has 0 aliphatic heterocycles. The SMILES string of the molecule is CC(C)N(CC1CC1)C(=O)Cc1cccc(O)c1. The molecule has 0 saturated heterocycles. The molecule has 1 aliphatic carbocycles. The second kappa shape index (κ2) is 5.42. The van der Waals surface area contributed by atoms with Crippen molar-refractivity contribution in [3.05, 3.63) is 29.8 Å². The summed E-state index contributed by atoms with van der Waals surface area (Å²) in [6, 6.07) is 7.19. The summed E-state index contributed by atoms with van der Waals surface area (Å²) in [7, 11) is 0. The van der Waals surface area contributed by atoms with Crippen molar-refractivity contribution in [2.24, 2.45) is 5.92 Å². The Hall–Kier alpha value is -1.51. The fourth-order valence-electron chi connectivity index (χ4n) is 2.12. The summed E-state index contributed by atoms with van der Waals surface area (Å²) in [5, 5.41) is 9.40. The normalized spacial score (nSPS) is 14.8. The summed E-state index contributed by atoms with van der Waals surface area (Å²) in [5.74, 6) is 1.08. The molecule has 3 heteroatoms. The number of phenols is 1. The zero-order valence-corrected chi connectivity index (χ0v) is 11.1. The number of phenolic OH excluding ortho intramolecular Hbond substituents is 1. The smallest absolute Gasteiger partial charge is 0.227 e. The summed E-state index contributed by atoms with van der Waals surface area (Å²) < 4.78 is 0. The first-order valence-electron chi connectivity index (χ1n) is 6.63. The van der Waals surface area contributed by atoms with Crippen molar-refractivity contribution in [2.45, 2.75) is 39.2 Å². The van der Waals surface area contributed by atoms with Gasteiger partial charge in [-0.15, -0.1) is 0 Å². The number of aromatic hydroxyl groups is 1. The number of carbonyl (C=O) groups excluding carboxylic acids is 1. The molecular formula is C15H21NO2. The summed E-state index contributed by atoms with van der Waals surface area (Å²) in [6.07, 6.45) is 2.88. The van der Waals surface area contributed by atoms with Gasteiger partial charge in [0.2, 0.25) is 5.91 Å². The fourth-order valence-corrected chi connectivity index (χ4v) is 2.12. The third kappa shape index (κ3) is 3.49. The molecule has 0 aromatic heterocycles. The maximum absolute atomic E-state index is 12.3. The van der Waals surface area contributed by atoms with Gasteiger partial charge >= 0.3 is 0 Å². The molecule has 1 saturated carbocycles. The van der Waals surface area contributed by atoms with E-state index < -0.39 is 0 Å². The number of benzene rings is 1. The minimum Gasteiger partial charge on any atom is -0.508 e. The first-order chi connectivity index (χ1) is 8.56. The predicted octanol–water partition coefficient (Wildman–Crippen LogP) is 2.58. The van der Waals surface area contributed by atoms with E-state index in [1.54, 1.807) is 18.2 Å². The Labute approximate surface area is 108 Å². The van der Waals surface area contributed by atoms with Gasteiger partial charge in [0.05, 0.1) is 6.42 Å². The number of rotatable bonds is 5. The van der Waals surface area contributed by atoms with Crippen LogP contribution in [0.2, 0.25) is 0 Å². The van der Waals surface area contributed by atoms with Crippen molar-refractivity contribution in [3.63, 3.8) is 0 Å². The lowest BCUT2D eigenvalue weighted by Crippen LogP contribution is -2.39. The van der Waals surface area contributed by atoms with Crippen molar-refractivity contribution in [1.29, 1.82) is 0 Å². The molecule has 1 aliphatic rings. The molecule has 1 aromatic rings. The summed E-state index contributed by atoms with van der Waals surface area (Å²) >= 11 is 0. The largest absolute Gasteiger partial charge is 0.508 e. The van der Waals surface area contributed by atoms with E-state index in [-0.39, 0.29) is 17.7 Å². The summed E-state index contributed by atoms with van der Waals surface area (Å²) in [5.41, 5.74) is 0.876. The lowest BCUT2D eigenvalue weighted by Gasteiger charge is -2.27. The predicted molar refractivity (Wildman–Crippen MR) is 71.4 cm³/mol. The van der Waals surface area contributed by atoms with E-state index in [1.165, 1.54) is 12.8 Å². The Morgan fingerprint density at radius 1 is 1.44 bits per heavy atom. The quantitative estimate of drug-likeness (QED) is 0.868. The van der Waals surface area contributed by atoms with E-state index in [0.29, 0.717) is 12.3 Å². The maximum Gasteiger partial charge on any atom is 0.227 e. The van der Waals surface area contributed by atoms with Crippen LogP contribution >= 0.6 is 0 Å². The molecular weight excluding hydrogens is 226 g/mol. The number of carbonyl (C=O) groups is 1. The molecule has 1 amide bonds.